The van der Waals surface area contributed by atoms with Gasteiger partial charge in [-0.3, -0.25) is 4.99 Å². The van der Waals surface area contributed by atoms with Gasteiger partial charge in [-0.05, 0) is 42.5 Å². The molecule has 2 aromatic carbocycles. The molecule has 0 saturated carbocycles. The first kappa shape index (κ1) is 17.1. The topological polar surface area (TPSA) is 67.7 Å². The summed E-state index contributed by atoms with van der Waals surface area (Å²) in [5.41, 5.74) is 2.79. The Hall–Kier alpha value is -3.31. The highest BCUT2D eigenvalue weighted by atomic mass is 35.5. The summed E-state index contributed by atoms with van der Waals surface area (Å²) < 4.78 is 7.40. The summed E-state index contributed by atoms with van der Waals surface area (Å²) in [5, 5.41) is 10.7. The fourth-order valence-electron chi connectivity index (χ4n) is 2.93. The number of rotatable bonds is 5. The van der Waals surface area contributed by atoms with Gasteiger partial charge in [0.05, 0.1) is 12.2 Å². The van der Waals surface area contributed by atoms with Crippen molar-refractivity contribution in [3.05, 3.63) is 89.0 Å². The third kappa shape index (κ3) is 3.64. The van der Waals surface area contributed by atoms with Gasteiger partial charge in [0, 0.05) is 33.9 Å². The lowest BCUT2D eigenvalue weighted by Crippen LogP contribution is -1.97. The van der Waals surface area contributed by atoms with E-state index in [0.29, 0.717) is 17.3 Å². The van der Waals surface area contributed by atoms with E-state index in [9.17, 15) is 4.79 Å². The molecule has 0 aliphatic carbocycles. The van der Waals surface area contributed by atoms with E-state index in [1.807, 2.05) is 53.4 Å². The average Bonchev–Trinajstić information content (AvgIpc) is 3.27. The van der Waals surface area contributed by atoms with Crippen molar-refractivity contribution in [3.8, 4) is 0 Å². The summed E-state index contributed by atoms with van der Waals surface area (Å²) in [5.74, 6) is -0.560. The second-order valence-electron chi connectivity index (χ2n) is 6.04. The lowest BCUT2D eigenvalue weighted by molar-refractivity contribution is 0.0660. The third-order valence-corrected chi connectivity index (χ3v) is 4.45. The number of aliphatic imine (C=N–C) groups is 1. The Bertz CT molecular complexity index is 1140. The van der Waals surface area contributed by atoms with Crippen molar-refractivity contribution in [2.45, 2.75) is 6.54 Å². The molecule has 4 rings (SSSR count). The number of benzene rings is 2. The Morgan fingerprint density at radius 3 is 2.63 bits per heavy atom. The van der Waals surface area contributed by atoms with Crippen molar-refractivity contribution < 1.29 is 14.3 Å². The van der Waals surface area contributed by atoms with Crippen LogP contribution >= 0.6 is 11.6 Å². The monoisotopic (exact) mass is 378 g/mol. The number of halogens is 1. The molecule has 2 aromatic heterocycles. The summed E-state index contributed by atoms with van der Waals surface area (Å²) in [6.07, 6.45) is 3.79. The van der Waals surface area contributed by atoms with Gasteiger partial charge >= 0.3 is 5.97 Å². The van der Waals surface area contributed by atoms with Crippen molar-refractivity contribution in [2.75, 3.05) is 0 Å². The van der Waals surface area contributed by atoms with E-state index in [-0.39, 0.29) is 5.76 Å². The van der Waals surface area contributed by atoms with Crippen LogP contribution in [-0.4, -0.2) is 21.9 Å². The molecular weight excluding hydrogens is 364 g/mol. The molecular formula is C21H15ClN2O3. The summed E-state index contributed by atoms with van der Waals surface area (Å²) in [6.45, 7) is 0.433. The zero-order valence-electron chi connectivity index (χ0n) is 14.2. The summed E-state index contributed by atoms with van der Waals surface area (Å²) in [4.78, 5) is 15.5. The van der Waals surface area contributed by atoms with Crippen molar-refractivity contribution >= 4 is 40.4 Å². The number of carboxylic acids is 1. The highest BCUT2D eigenvalue weighted by Gasteiger charge is 2.12. The molecule has 0 amide bonds. The van der Waals surface area contributed by atoms with Gasteiger partial charge in [0.25, 0.3) is 0 Å². The molecule has 6 heteroatoms. The molecule has 27 heavy (non-hydrogen) atoms. The molecule has 1 N–H and O–H groups in total. The van der Waals surface area contributed by atoms with E-state index in [1.54, 1.807) is 18.2 Å². The maximum atomic E-state index is 11.0. The zero-order chi connectivity index (χ0) is 18.8. The van der Waals surface area contributed by atoms with Crippen LogP contribution in [0.1, 0.15) is 21.9 Å². The van der Waals surface area contributed by atoms with Crippen LogP contribution in [0.4, 0.5) is 5.69 Å². The minimum absolute atomic E-state index is 0.0639. The molecule has 2 heterocycles. The first-order valence-electron chi connectivity index (χ1n) is 8.30. The van der Waals surface area contributed by atoms with Gasteiger partial charge in [-0.1, -0.05) is 29.8 Å². The van der Waals surface area contributed by atoms with Gasteiger partial charge in [0.15, 0.2) is 0 Å². The highest BCUT2D eigenvalue weighted by molar-refractivity contribution is 6.30. The van der Waals surface area contributed by atoms with E-state index in [1.165, 1.54) is 6.07 Å². The third-order valence-electron chi connectivity index (χ3n) is 4.20. The first-order chi connectivity index (χ1) is 13.1. The van der Waals surface area contributed by atoms with Crippen LogP contribution in [0, 0.1) is 0 Å². The molecule has 0 radical (unpaired) electrons. The average molecular weight is 379 g/mol. The number of aromatic nitrogens is 1. The van der Waals surface area contributed by atoms with Gasteiger partial charge in [0.1, 0.15) is 5.76 Å². The van der Waals surface area contributed by atoms with Crippen LogP contribution in [0.5, 0.6) is 0 Å². The van der Waals surface area contributed by atoms with Crippen molar-refractivity contribution in [3.63, 3.8) is 0 Å². The second-order valence-corrected chi connectivity index (χ2v) is 6.47. The number of hydrogen-bond acceptors (Lipinski definition) is 3. The molecule has 0 fully saturated rings. The predicted molar refractivity (Wildman–Crippen MR) is 105 cm³/mol. The number of para-hydroxylation sites is 1. The van der Waals surface area contributed by atoms with Crippen molar-refractivity contribution in [1.29, 1.82) is 0 Å². The molecule has 0 aliphatic rings. The van der Waals surface area contributed by atoms with Crippen LogP contribution < -0.4 is 0 Å². The zero-order valence-corrected chi connectivity index (χ0v) is 14.9. The number of nitrogens with zero attached hydrogens (tertiary/aromatic N) is 2. The van der Waals surface area contributed by atoms with Gasteiger partial charge in [-0.25, -0.2) is 4.79 Å². The van der Waals surface area contributed by atoms with Gasteiger partial charge in [0.2, 0.25) is 5.76 Å². The van der Waals surface area contributed by atoms with E-state index in [4.69, 9.17) is 21.1 Å². The molecule has 5 nitrogen and oxygen atoms in total. The number of fused-ring (bicyclic) bond motifs is 1. The molecule has 4 aromatic rings. The van der Waals surface area contributed by atoms with Gasteiger partial charge in [-0.2, -0.15) is 0 Å². The Labute approximate surface area is 160 Å². The summed E-state index contributed by atoms with van der Waals surface area (Å²) >= 11 is 5.91. The van der Waals surface area contributed by atoms with Crippen LogP contribution in [0.3, 0.4) is 0 Å². The number of hydrogen-bond donors (Lipinski definition) is 1. The van der Waals surface area contributed by atoms with E-state index < -0.39 is 5.97 Å². The van der Waals surface area contributed by atoms with E-state index >= 15 is 0 Å². The smallest absolute Gasteiger partial charge is 0.371 e. The van der Waals surface area contributed by atoms with Crippen LogP contribution in [0.2, 0.25) is 5.02 Å². The molecule has 0 saturated heterocycles. The Morgan fingerprint density at radius 2 is 1.89 bits per heavy atom. The SMILES string of the molecule is O=C(O)c1ccc(Cn2cc(C=Nc3ccc(Cl)cc3)c3ccccc32)o1. The normalized spacial score (nSPS) is 11.4. The summed E-state index contributed by atoms with van der Waals surface area (Å²) in [6, 6.07) is 18.4. The van der Waals surface area contributed by atoms with Crippen LogP contribution in [-0.2, 0) is 6.54 Å². The fourth-order valence-corrected chi connectivity index (χ4v) is 3.05. The molecule has 0 bridgehead atoms. The molecule has 0 unspecified atom stereocenters. The lowest BCUT2D eigenvalue weighted by atomic mass is 10.2. The van der Waals surface area contributed by atoms with Gasteiger partial charge < -0.3 is 14.1 Å². The van der Waals surface area contributed by atoms with Crippen LogP contribution in [0.25, 0.3) is 10.9 Å². The minimum Gasteiger partial charge on any atom is -0.475 e. The highest BCUT2D eigenvalue weighted by Crippen LogP contribution is 2.23. The number of carbonyl (C=O) groups is 1. The second kappa shape index (κ2) is 7.13. The predicted octanol–water partition coefficient (Wildman–Crippen LogP) is 5.38. The number of carboxylic acid groups (broad SMARTS) is 1. The van der Waals surface area contributed by atoms with Crippen molar-refractivity contribution in [1.82, 2.24) is 4.57 Å². The summed E-state index contributed by atoms with van der Waals surface area (Å²) in [7, 11) is 0. The van der Waals surface area contributed by atoms with E-state index in [2.05, 4.69) is 4.99 Å². The largest absolute Gasteiger partial charge is 0.475 e. The molecule has 0 atom stereocenters. The first-order valence-corrected chi connectivity index (χ1v) is 8.67. The molecule has 0 spiro atoms. The standard InChI is InChI=1S/C21H15ClN2O3/c22-15-5-7-16(8-6-15)23-11-14-12-24(19-4-2-1-3-18(14)19)13-17-9-10-20(27-17)21(25)26/h1-12H,13H2,(H,25,26). The van der Waals surface area contributed by atoms with Crippen molar-refractivity contribution in [2.24, 2.45) is 4.99 Å². The Balaban J connectivity index is 1.67. The number of furan rings is 1. The van der Waals surface area contributed by atoms with Crippen LogP contribution in [0.15, 0.2) is 76.3 Å². The number of aromatic carboxylic acids is 1. The fraction of sp³-hybridized carbons (Fsp3) is 0.0476. The molecule has 0 aliphatic heterocycles. The van der Waals surface area contributed by atoms with Gasteiger partial charge in [-0.15, -0.1) is 0 Å². The maximum Gasteiger partial charge on any atom is 0.371 e. The molecule has 134 valence electrons. The Kier molecular flexibility index (Phi) is 4.52. The lowest BCUT2D eigenvalue weighted by Gasteiger charge is -2.02. The Morgan fingerprint density at radius 1 is 1.11 bits per heavy atom. The maximum absolute atomic E-state index is 11.0. The quantitative estimate of drug-likeness (QED) is 0.474. The minimum atomic E-state index is -1.07. The van der Waals surface area contributed by atoms with E-state index in [0.717, 1.165) is 22.2 Å².